The fourth-order valence-electron chi connectivity index (χ4n) is 10.9. The minimum Gasteiger partial charge on any atom is -0.460 e. The molecule has 5 rings (SSSR count). The van der Waals surface area contributed by atoms with Crippen molar-refractivity contribution in [2.45, 2.75) is 186 Å². The Kier molecular flexibility index (Phi) is 21.4. The fraction of sp³-hybridized carbons (Fsp3) is 0.736. The van der Waals surface area contributed by atoms with Crippen LogP contribution in [0.3, 0.4) is 0 Å². The van der Waals surface area contributed by atoms with Crippen LogP contribution in [-0.4, -0.2) is 141 Å². The maximum absolute atomic E-state index is 14.5. The molecule has 0 unspecified atom stereocenters. The van der Waals surface area contributed by atoms with Crippen molar-refractivity contribution in [2.24, 2.45) is 35.5 Å². The molecule has 15 atom stereocenters. The molecule has 17 nitrogen and oxygen atoms in total. The lowest BCUT2D eigenvalue weighted by molar-refractivity contribution is -0.265. The van der Waals surface area contributed by atoms with Crippen LogP contribution in [0.2, 0.25) is 0 Å². The number of aliphatic hydroxyl groups is 2. The number of fused-ring (bicyclic) bond motifs is 3. The Morgan fingerprint density at radius 3 is 2.34 bits per heavy atom. The Morgan fingerprint density at radius 1 is 0.900 bits per heavy atom. The van der Waals surface area contributed by atoms with Crippen LogP contribution in [0.5, 0.6) is 0 Å². The number of carbonyl (C=O) groups excluding carboxylic acids is 5. The standard InChI is InChI=1S/C53H81N5O12/c1-32-17-13-11-12-14-18-33(2)44(66-8)29-40-22-20-38(7)53(65,70-40)50(62)51(63)57-24-16-15-19-42(57)52(64)69-45(35(4)27-39-21-23-41(46(28-39)67-9)58-31-54-55-56-58)30-43(59)34(3)26-37(6)48(61)49(68-10)47(60)36(5)25-32/h11-14,18,26,31-32,34-36,38-42,44-46,48-49,61,65H,15-17,19-25,27-30H2,1-10H3/b13-11+,14-12+,33-18+,37-26+/t32-,34-,35-,36-,38-,39+,40+,41+,42+,44+,45+,46-,48-,49+,53-/m1/s1/i31+2. The van der Waals surface area contributed by atoms with Gasteiger partial charge >= 0.3 is 5.97 Å². The van der Waals surface area contributed by atoms with Crippen LogP contribution in [0.25, 0.3) is 0 Å². The summed E-state index contributed by atoms with van der Waals surface area (Å²) in [5.41, 5.74) is 1.29. The molecule has 390 valence electrons. The number of carbonyl (C=O) groups is 5. The number of allylic oxidation sites excluding steroid dienone is 6. The summed E-state index contributed by atoms with van der Waals surface area (Å²) in [6.07, 6.45) is 14.9. The first-order valence-corrected chi connectivity index (χ1v) is 25.5. The summed E-state index contributed by atoms with van der Waals surface area (Å²) < 4.78 is 31.6. The summed E-state index contributed by atoms with van der Waals surface area (Å²) in [4.78, 5) is 72.4. The van der Waals surface area contributed by atoms with E-state index >= 15 is 0 Å². The van der Waals surface area contributed by atoms with E-state index in [1.165, 1.54) is 12.0 Å². The highest BCUT2D eigenvalue weighted by Gasteiger charge is 2.53. The van der Waals surface area contributed by atoms with Gasteiger partial charge in [-0.25, -0.2) is 9.48 Å². The summed E-state index contributed by atoms with van der Waals surface area (Å²) in [7, 11) is 4.64. The van der Waals surface area contributed by atoms with Crippen molar-refractivity contribution in [1.29, 1.82) is 0 Å². The Balaban J connectivity index is 1.45. The number of nitrogens with zero attached hydrogens (tertiary/aromatic N) is 5. The number of hydrogen-bond acceptors (Lipinski definition) is 15. The van der Waals surface area contributed by atoms with Crippen LogP contribution in [0, 0.1) is 35.5 Å². The molecule has 17 heteroatoms. The third-order valence-electron chi connectivity index (χ3n) is 15.4. The molecule has 1 amide bonds. The molecule has 2 saturated heterocycles. The number of aromatic nitrogens is 4. The van der Waals surface area contributed by atoms with Gasteiger partial charge in [0.1, 0.15) is 36.5 Å². The zero-order chi connectivity index (χ0) is 51.3. The highest BCUT2D eigenvalue weighted by atomic mass is 16.6. The van der Waals surface area contributed by atoms with Crippen LogP contribution in [0.15, 0.2) is 53.9 Å². The van der Waals surface area contributed by atoms with Gasteiger partial charge in [0.2, 0.25) is 5.79 Å². The summed E-state index contributed by atoms with van der Waals surface area (Å²) in [5.74, 6) is -7.71. The van der Waals surface area contributed by atoms with Gasteiger partial charge in [-0.1, -0.05) is 71.1 Å². The van der Waals surface area contributed by atoms with Gasteiger partial charge in [0.05, 0.1) is 24.4 Å². The number of amides is 1. The number of ether oxygens (including phenoxy) is 5. The number of hydrogen-bond donors (Lipinski definition) is 2. The molecule has 70 heavy (non-hydrogen) atoms. The smallest absolute Gasteiger partial charge is 0.329 e. The molecule has 1 aromatic heterocycles. The largest absolute Gasteiger partial charge is 0.460 e. The van der Waals surface area contributed by atoms with Crippen LogP contribution in [0.1, 0.15) is 138 Å². The zero-order valence-corrected chi connectivity index (χ0v) is 43.2. The monoisotopic (exact) mass is 982 g/mol. The van der Waals surface area contributed by atoms with Gasteiger partial charge < -0.3 is 38.8 Å². The van der Waals surface area contributed by atoms with Gasteiger partial charge in [0.15, 0.2) is 5.78 Å². The van der Waals surface area contributed by atoms with E-state index in [1.807, 2.05) is 51.2 Å². The van der Waals surface area contributed by atoms with E-state index in [0.717, 1.165) is 24.8 Å². The van der Waals surface area contributed by atoms with E-state index in [2.05, 4.69) is 22.4 Å². The normalized spacial score (nSPS) is 38.5. The summed E-state index contributed by atoms with van der Waals surface area (Å²) in [6, 6.07) is -1.19. The fourth-order valence-corrected chi connectivity index (χ4v) is 10.9. The maximum atomic E-state index is 14.5. The number of esters is 1. The second-order valence-corrected chi connectivity index (χ2v) is 20.8. The van der Waals surface area contributed by atoms with Crippen LogP contribution < -0.4 is 0 Å². The van der Waals surface area contributed by atoms with Crippen LogP contribution >= 0.6 is 0 Å². The molecular weight excluding hydrogens is 901 g/mol. The summed E-state index contributed by atoms with van der Waals surface area (Å²) in [5, 5.41) is 35.2. The van der Waals surface area contributed by atoms with Crippen molar-refractivity contribution in [2.75, 3.05) is 27.9 Å². The SMILES string of the molecule is CO[C@H]1C[C@@H]2CC[C@@H](C)[C@@](O)(O2)C(=O)C(=O)N2CCCC[C@H]2C(=O)O[C@H]([C@H](C)C[C@@H]2CC[C@H](n3[14cH]nnn3)[C@H](OC)C2)CC(=O)[C@H](C)/C=C(\C)[C@@H](O)[C@@H](OC)C(=O)[C@H](C)C[C@H](C)C/C=C/C=C/C=C/1C. The molecule has 2 bridgehead atoms. The first kappa shape index (κ1) is 56.7. The zero-order valence-electron chi connectivity index (χ0n) is 43.2. The number of tetrazole rings is 1. The van der Waals surface area contributed by atoms with E-state index in [1.54, 1.807) is 52.1 Å². The minimum atomic E-state index is -2.43. The van der Waals surface area contributed by atoms with E-state index in [4.69, 9.17) is 23.7 Å². The lowest BCUT2D eigenvalue weighted by Crippen LogP contribution is -2.61. The second-order valence-electron chi connectivity index (χ2n) is 20.8. The summed E-state index contributed by atoms with van der Waals surface area (Å²) in [6.45, 7) is 12.9. The van der Waals surface area contributed by atoms with Crippen molar-refractivity contribution in [3.05, 3.63) is 53.9 Å². The van der Waals surface area contributed by atoms with E-state index in [0.29, 0.717) is 56.9 Å². The van der Waals surface area contributed by atoms with Gasteiger partial charge in [0.25, 0.3) is 11.7 Å². The minimum absolute atomic E-state index is 0.0517. The molecule has 0 spiro atoms. The van der Waals surface area contributed by atoms with Crippen LogP contribution in [-0.2, 0) is 47.7 Å². The van der Waals surface area contributed by atoms with Gasteiger partial charge in [-0.15, -0.1) is 5.10 Å². The Morgan fingerprint density at radius 2 is 1.66 bits per heavy atom. The van der Waals surface area contributed by atoms with Crippen molar-refractivity contribution in [3.8, 4) is 0 Å². The van der Waals surface area contributed by atoms with Gasteiger partial charge in [-0.2, -0.15) is 0 Å². The average molecular weight is 982 g/mol. The van der Waals surface area contributed by atoms with Crippen molar-refractivity contribution >= 4 is 29.2 Å². The van der Waals surface area contributed by atoms with Gasteiger partial charge in [0, 0.05) is 58.5 Å². The molecule has 0 aromatic carbocycles. The highest BCUT2D eigenvalue weighted by Crippen LogP contribution is 2.39. The third-order valence-corrected chi connectivity index (χ3v) is 15.4. The first-order chi connectivity index (χ1) is 33.3. The molecule has 4 heterocycles. The van der Waals surface area contributed by atoms with E-state index in [-0.39, 0.29) is 60.9 Å². The number of cyclic esters (lactones) is 1. The quantitative estimate of drug-likeness (QED) is 0.171. The molecule has 4 aliphatic rings. The maximum Gasteiger partial charge on any atom is 0.329 e. The number of piperidine rings is 1. The van der Waals surface area contributed by atoms with Crippen LogP contribution in [0.4, 0.5) is 0 Å². The number of rotatable bonds is 7. The Labute approximate surface area is 414 Å². The van der Waals surface area contributed by atoms with E-state index in [9.17, 15) is 34.2 Å². The number of aliphatic hydroxyl groups excluding tert-OH is 1. The van der Waals surface area contributed by atoms with Crippen molar-refractivity contribution in [3.63, 3.8) is 0 Å². The molecule has 3 fully saturated rings. The number of methoxy groups -OCH3 is 3. The number of ketones is 3. The second kappa shape index (κ2) is 26.4. The lowest BCUT2D eigenvalue weighted by Gasteiger charge is -2.42. The predicted molar refractivity (Wildman–Crippen MR) is 261 cm³/mol. The van der Waals surface area contributed by atoms with Gasteiger partial charge in [-0.05, 0) is 124 Å². The molecule has 0 radical (unpaired) electrons. The molecule has 1 aromatic rings. The van der Waals surface area contributed by atoms with Gasteiger partial charge in [-0.3, -0.25) is 19.2 Å². The first-order valence-electron chi connectivity index (χ1n) is 25.5. The average Bonchev–Trinajstić information content (AvgIpc) is 3.89. The Bertz CT molecular complexity index is 2040. The topological polar surface area (TPSA) is 219 Å². The molecular formula is C53H81N5O12. The highest BCUT2D eigenvalue weighted by molar-refractivity contribution is 6.39. The molecule has 2 N–H and O–H groups in total. The molecule has 1 aliphatic carbocycles. The lowest BCUT2D eigenvalue weighted by atomic mass is 9.77. The number of Topliss-reactive ketones (excluding diaryl/α,β-unsaturated/α-hetero) is 3. The Hall–Kier alpha value is -4.26. The molecule has 3 aliphatic heterocycles. The summed E-state index contributed by atoms with van der Waals surface area (Å²) >= 11 is 0. The van der Waals surface area contributed by atoms with Crippen molar-refractivity contribution in [1.82, 2.24) is 25.1 Å². The van der Waals surface area contributed by atoms with E-state index < -0.39 is 77.8 Å². The predicted octanol–water partition coefficient (Wildman–Crippen LogP) is 6.44. The molecule has 1 saturated carbocycles. The third kappa shape index (κ3) is 14.5. The van der Waals surface area contributed by atoms with Crippen molar-refractivity contribution < 1.29 is 57.9 Å².